The van der Waals surface area contributed by atoms with Crippen molar-refractivity contribution in [2.45, 2.75) is 26.1 Å². The molecule has 3 nitrogen and oxygen atoms in total. The van der Waals surface area contributed by atoms with Gasteiger partial charge >= 0.3 is 12.1 Å². The van der Waals surface area contributed by atoms with Gasteiger partial charge in [-0.1, -0.05) is 13.8 Å². The smallest absolute Gasteiger partial charge is 0.337 e. The van der Waals surface area contributed by atoms with Crippen molar-refractivity contribution in [1.82, 2.24) is 5.32 Å². The van der Waals surface area contributed by atoms with Crippen molar-refractivity contribution in [2.24, 2.45) is 5.92 Å². The van der Waals surface area contributed by atoms with Crippen molar-refractivity contribution in [3.63, 3.8) is 0 Å². The first-order valence-corrected chi connectivity index (χ1v) is 4.11. The average Bonchev–Trinajstić information content (AvgIpc) is 1.96. The van der Waals surface area contributed by atoms with E-state index in [2.05, 4.69) is 0 Å². The van der Waals surface area contributed by atoms with E-state index in [0.717, 1.165) is 0 Å². The van der Waals surface area contributed by atoms with Crippen LogP contribution in [-0.4, -0.2) is 23.4 Å². The second kappa shape index (κ2) is 4.63. The molecule has 1 N–H and O–H groups in total. The average molecular weight is 232 g/mol. The number of carbonyl (C=O) groups excluding carboxylic acids is 2. The van der Waals surface area contributed by atoms with E-state index in [1.165, 1.54) is 19.2 Å². The van der Waals surface area contributed by atoms with Crippen LogP contribution in [0.2, 0.25) is 0 Å². The molecule has 1 amide bonds. The molecule has 7 heteroatoms. The topological polar surface area (TPSA) is 46.2 Å². The Labute approximate surface area is 83.6 Å². The van der Waals surface area contributed by atoms with Gasteiger partial charge in [0.05, 0.1) is 0 Å². The lowest BCUT2D eigenvalue weighted by molar-refractivity contribution is -0.174. The van der Waals surface area contributed by atoms with Crippen molar-refractivity contribution in [3.05, 3.63) is 0 Å². The van der Waals surface area contributed by atoms with Crippen molar-refractivity contribution in [2.75, 3.05) is 0 Å². The summed E-state index contributed by atoms with van der Waals surface area (Å²) in [6, 6.07) is -1.31. The van der Waals surface area contributed by atoms with E-state index in [-0.39, 0.29) is 0 Å². The fraction of sp³-hybridized carbons (Fsp3) is 0.714. The summed E-state index contributed by atoms with van der Waals surface area (Å²) in [4.78, 5) is 21.1. The highest BCUT2D eigenvalue weighted by Gasteiger charge is 2.41. The van der Waals surface area contributed by atoms with E-state index in [9.17, 15) is 22.8 Å². The summed E-state index contributed by atoms with van der Waals surface area (Å²) in [6.07, 6.45) is -5.00. The van der Waals surface area contributed by atoms with E-state index in [1.54, 1.807) is 0 Å². The van der Waals surface area contributed by atoms with Gasteiger partial charge in [-0.2, -0.15) is 13.2 Å². The Morgan fingerprint density at radius 2 is 1.71 bits per heavy atom. The molecule has 0 aliphatic carbocycles. The number of amides is 1. The third-order valence-electron chi connectivity index (χ3n) is 1.46. The zero-order valence-electron chi connectivity index (χ0n) is 7.48. The highest BCUT2D eigenvalue weighted by molar-refractivity contribution is 6.64. The number of hydrogen-bond donors (Lipinski definition) is 1. The van der Waals surface area contributed by atoms with Crippen LogP contribution in [0.5, 0.6) is 0 Å². The maximum absolute atomic E-state index is 11.8. The standard InChI is InChI=1S/C7H9ClF3NO2/c1-3(2)4(5(8)13)12-6(14)7(9,10)11/h3-4H,1-2H3,(H,12,14)/t4-/m0/s1. The van der Waals surface area contributed by atoms with Crippen LogP contribution >= 0.6 is 11.6 Å². The van der Waals surface area contributed by atoms with Gasteiger partial charge < -0.3 is 5.32 Å². The van der Waals surface area contributed by atoms with Crippen molar-refractivity contribution in [3.8, 4) is 0 Å². The Hall–Kier alpha value is -0.780. The van der Waals surface area contributed by atoms with Crippen LogP contribution in [0, 0.1) is 5.92 Å². The number of alkyl halides is 3. The fourth-order valence-corrected chi connectivity index (χ4v) is 1.02. The van der Waals surface area contributed by atoms with E-state index in [4.69, 9.17) is 11.6 Å². The highest BCUT2D eigenvalue weighted by Crippen LogP contribution is 2.16. The van der Waals surface area contributed by atoms with Crippen LogP contribution in [0.25, 0.3) is 0 Å². The molecule has 0 bridgehead atoms. The zero-order valence-corrected chi connectivity index (χ0v) is 8.24. The van der Waals surface area contributed by atoms with E-state index in [0.29, 0.717) is 0 Å². The molecule has 0 unspecified atom stereocenters. The molecule has 0 aliphatic rings. The largest absolute Gasteiger partial charge is 0.471 e. The SMILES string of the molecule is CC(C)[C@H](NC(=O)C(F)(F)F)C(=O)Cl. The minimum atomic E-state index is -5.00. The van der Waals surface area contributed by atoms with E-state index < -0.39 is 29.3 Å². The lowest BCUT2D eigenvalue weighted by atomic mass is 10.1. The summed E-state index contributed by atoms with van der Waals surface area (Å²) in [7, 11) is 0. The highest BCUT2D eigenvalue weighted by atomic mass is 35.5. The predicted molar refractivity (Wildman–Crippen MR) is 43.7 cm³/mol. The van der Waals surface area contributed by atoms with Gasteiger partial charge in [0.2, 0.25) is 5.24 Å². The molecule has 82 valence electrons. The van der Waals surface area contributed by atoms with Crippen molar-refractivity contribution < 1.29 is 22.8 Å². The summed E-state index contributed by atoms with van der Waals surface area (Å²) >= 11 is 5.01. The van der Waals surface area contributed by atoms with Crippen LogP contribution in [0.1, 0.15) is 13.8 Å². The van der Waals surface area contributed by atoms with Gasteiger partial charge in [-0.15, -0.1) is 0 Å². The maximum Gasteiger partial charge on any atom is 0.471 e. The van der Waals surface area contributed by atoms with Gasteiger partial charge in [-0.25, -0.2) is 0 Å². The Kier molecular flexibility index (Phi) is 4.38. The zero-order chi connectivity index (χ0) is 11.5. The first kappa shape index (κ1) is 13.2. The third kappa shape index (κ3) is 3.95. The van der Waals surface area contributed by atoms with E-state index >= 15 is 0 Å². The molecule has 1 atom stereocenters. The summed E-state index contributed by atoms with van der Waals surface area (Å²) in [5.74, 6) is -2.66. The molecular weight excluding hydrogens is 223 g/mol. The molecule has 0 aromatic carbocycles. The monoisotopic (exact) mass is 231 g/mol. The van der Waals surface area contributed by atoms with Crippen molar-refractivity contribution in [1.29, 1.82) is 0 Å². The molecule has 0 spiro atoms. The first-order chi connectivity index (χ1) is 6.16. The fourth-order valence-electron chi connectivity index (χ4n) is 0.709. The van der Waals surface area contributed by atoms with Crippen LogP contribution in [0.4, 0.5) is 13.2 Å². The Morgan fingerprint density at radius 1 is 1.29 bits per heavy atom. The molecule has 14 heavy (non-hydrogen) atoms. The number of hydrogen-bond acceptors (Lipinski definition) is 2. The molecule has 0 aromatic heterocycles. The van der Waals surface area contributed by atoms with Gasteiger partial charge in [0.1, 0.15) is 6.04 Å². The molecule has 0 aromatic rings. The quantitative estimate of drug-likeness (QED) is 0.748. The molecule has 0 heterocycles. The van der Waals surface area contributed by atoms with Gasteiger partial charge in [0.15, 0.2) is 0 Å². The van der Waals surface area contributed by atoms with Crippen LogP contribution in [0.15, 0.2) is 0 Å². The number of carbonyl (C=O) groups is 2. The molecule has 0 fully saturated rings. The summed E-state index contributed by atoms with van der Waals surface area (Å²) in [5, 5.41) is 0.494. The number of rotatable bonds is 3. The maximum atomic E-state index is 11.8. The van der Waals surface area contributed by atoms with Gasteiger partial charge in [-0.05, 0) is 17.5 Å². The van der Waals surface area contributed by atoms with Crippen LogP contribution in [0.3, 0.4) is 0 Å². The molecule has 0 saturated heterocycles. The summed E-state index contributed by atoms with van der Waals surface area (Å²) < 4.78 is 35.3. The Morgan fingerprint density at radius 3 is 1.93 bits per heavy atom. The molecule has 0 rings (SSSR count). The Bertz CT molecular complexity index is 240. The lowest BCUT2D eigenvalue weighted by Gasteiger charge is -2.18. The summed E-state index contributed by atoms with van der Waals surface area (Å²) in [5.41, 5.74) is 0. The van der Waals surface area contributed by atoms with Gasteiger partial charge in [0, 0.05) is 0 Å². The van der Waals surface area contributed by atoms with Crippen molar-refractivity contribution >= 4 is 22.8 Å². The number of nitrogens with one attached hydrogen (secondary N) is 1. The van der Waals surface area contributed by atoms with Crippen LogP contribution in [-0.2, 0) is 9.59 Å². The van der Waals surface area contributed by atoms with Crippen LogP contribution < -0.4 is 5.32 Å². The minimum absolute atomic E-state index is 0.494. The first-order valence-electron chi connectivity index (χ1n) is 3.73. The van der Waals surface area contributed by atoms with E-state index in [1.807, 2.05) is 0 Å². The van der Waals surface area contributed by atoms with Gasteiger partial charge in [0.25, 0.3) is 0 Å². The Balaban J connectivity index is 4.48. The second-order valence-corrected chi connectivity index (χ2v) is 3.37. The van der Waals surface area contributed by atoms with Gasteiger partial charge in [-0.3, -0.25) is 9.59 Å². The normalized spacial score (nSPS) is 13.9. The molecule has 0 aliphatic heterocycles. The molecule has 0 radical (unpaired) electrons. The lowest BCUT2D eigenvalue weighted by Crippen LogP contribution is -2.48. The molecule has 0 saturated carbocycles. The molecular formula is C7H9ClF3NO2. The predicted octanol–water partition coefficient (Wildman–Crippen LogP) is 1.45. The number of halogens is 4. The third-order valence-corrected chi connectivity index (χ3v) is 1.69. The second-order valence-electron chi connectivity index (χ2n) is 3.00. The minimum Gasteiger partial charge on any atom is -0.337 e. The summed E-state index contributed by atoms with van der Waals surface area (Å²) in [6.45, 7) is 2.95.